The fourth-order valence-corrected chi connectivity index (χ4v) is 4.29. The minimum Gasteiger partial charge on any atom is -0.381 e. The minimum absolute atomic E-state index is 0.128. The first kappa shape index (κ1) is 20.6. The third-order valence-corrected chi connectivity index (χ3v) is 5.98. The van der Waals surface area contributed by atoms with Gasteiger partial charge in [0.1, 0.15) is 5.82 Å². The van der Waals surface area contributed by atoms with Gasteiger partial charge >= 0.3 is 0 Å². The summed E-state index contributed by atoms with van der Waals surface area (Å²) in [5, 5.41) is 1.38. The quantitative estimate of drug-likeness (QED) is 0.530. The highest BCUT2D eigenvalue weighted by Gasteiger charge is 2.38. The predicted octanol–water partition coefficient (Wildman–Crippen LogP) is 5.99. The lowest BCUT2D eigenvalue weighted by Crippen LogP contribution is -2.32. The molecule has 27 heavy (non-hydrogen) atoms. The van der Waals surface area contributed by atoms with Crippen LogP contribution in [0.1, 0.15) is 30.9 Å². The number of aryl methyl sites for hydroxylation is 1. The van der Waals surface area contributed by atoms with E-state index < -0.39 is 0 Å². The van der Waals surface area contributed by atoms with E-state index in [0.717, 1.165) is 62.7 Å². The van der Waals surface area contributed by atoms with Gasteiger partial charge in [0.05, 0.1) is 6.61 Å². The second-order valence-corrected chi connectivity index (χ2v) is 8.30. The first-order valence-corrected chi connectivity index (χ1v) is 10.2. The van der Waals surface area contributed by atoms with Crippen LogP contribution < -0.4 is 0 Å². The minimum atomic E-state index is -0.185. The summed E-state index contributed by atoms with van der Waals surface area (Å²) in [5.74, 6) is -0.185. The molecule has 2 aromatic carbocycles. The first-order valence-electron chi connectivity index (χ1n) is 9.48. The van der Waals surface area contributed by atoms with Crippen molar-refractivity contribution in [3.05, 3.63) is 69.5 Å². The molecule has 1 heterocycles. The molecule has 0 amide bonds. The van der Waals surface area contributed by atoms with E-state index in [-0.39, 0.29) is 11.2 Å². The van der Waals surface area contributed by atoms with Gasteiger partial charge < -0.3 is 4.74 Å². The maximum absolute atomic E-state index is 13.1. The first-order chi connectivity index (χ1) is 13.0. The highest BCUT2D eigenvalue weighted by atomic mass is 35.5. The van der Waals surface area contributed by atoms with Crippen LogP contribution in [0.4, 0.5) is 4.39 Å². The molecule has 0 saturated carbocycles. The highest BCUT2D eigenvalue weighted by Crippen LogP contribution is 2.37. The summed E-state index contributed by atoms with van der Waals surface area (Å²) in [6.07, 6.45) is 3.06. The smallest absolute Gasteiger partial charge is 0.123 e. The zero-order valence-corrected chi connectivity index (χ0v) is 17.2. The van der Waals surface area contributed by atoms with Gasteiger partial charge in [-0.1, -0.05) is 41.4 Å². The van der Waals surface area contributed by atoms with Gasteiger partial charge in [-0.2, -0.15) is 0 Å². The SMILES string of the molecule is CCOC[C@]1(CCc2ccc(F)cc2)CCN(Cc2ccc(Cl)cc2Cl)C1. The molecule has 0 N–H and O–H groups in total. The van der Waals surface area contributed by atoms with Crippen LogP contribution in [0.15, 0.2) is 42.5 Å². The van der Waals surface area contributed by atoms with Crippen molar-refractivity contribution in [2.45, 2.75) is 32.7 Å². The number of hydrogen-bond acceptors (Lipinski definition) is 2. The summed E-state index contributed by atoms with van der Waals surface area (Å²) >= 11 is 12.4. The maximum Gasteiger partial charge on any atom is 0.123 e. The number of ether oxygens (including phenoxy) is 1. The number of rotatable bonds is 8. The average Bonchev–Trinajstić information content (AvgIpc) is 3.05. The van der Waals surface area contributed by atoms with Gasteiger partial charge in [-0.15, -0.1) is 0 Å². The van der Waals surface area contributed by atoms with Gasteiger partial charge in [-0.25, -0.2) is 4.39 Å². The molecule has 5 heteroatoms. The Hall–Kier alpha value is -1.13. The molecule has 1 aliphatic heterocycles. The lowest BCUT2D eigenvalue weighted by Gasteiger charge is -2.29. The third kappa shape index (κ3) is 5.68. The number of benzene rings is 2. The lowest BCUT2D eigenvalue weighted by atomic mass is 9.82. The van der Waals surface area contributed by atoms with E-state index in [2.05, 4.69) is 4.90 Å². The lowest BCUT2D eigenvalue weighted by molar-refractivity contribution is 0.0489. The van der Waals surface area contributed by atoms with Crippen molar-refractivity contribution in [2.75, 3.05) is 26.3 Å². The second kappa shape index (κ2) is 9.38. The summed E-state index contributed by atoms with van der Waals surface area (Å²) in [4.78, 5) is 2.44. The van der Waals surface area contributed by atoms with E-state index in [1.54, 1.807) is 6.07 Å². The molecule has 3 rings (SSSR count). The van der Waals surface area contributed by atoms with Gasteiger partial charge in [-0.05, 0) is 68.1 Å². The van der Waals surface area contributed by atoms with Crippen molar-refractivity contribution in [3.63, 3.8) is 0 Å². The van der Waals surface area contributed by atoms with Gasteiger partial charge in [0.25, 0.3) is 0 Å². The number of likely N-dealkylation sites (tertiary alicyclic amines) is 1. The van der Waals surface area contributed by atoms with Gasteiger partial charge in [0.2, 0.25) is 0 Å². The molecule has 146 valence electrons. The molecule has 0 aliphatic carbocycles. The Morgan fingerprint density at radius 1 is 1.15 bits per heavy atom. The summed E-state index contributed by atoms with van der Waals surface area (Å²) in [6.45, 7) is 6.34. The van der Waals surface area contributed by atoms with Crippen LogP contribution in [0.2, 0.25) is 10.0 Å². The summed E-state index contributed by atoms with van der Waals surface area (Å²) in [7, 11) is 0. The van der Waals surface area contributed by atoms with E-state index >= 15 is 0 Å². The van der Waals surface area contributed by atoms with Crippen LogP contribution >= 0.6 is 23.2 Å². The topological polar surface area (TPSA) is 12.5 Å². The molecule has 0 unspecified atom stereocenters. The molecule has 0 spiro atoms. The van der Waals surface area contributed by atoms with E-state index in [9.17, 15) is 4.39 Å². The summed E-state index contributed by atoms with van der Waals surface area (Å²) in [6, 6.07) is 12.5. The van der Waals surface area contributed by atoms with E-state index in [0.29, 0.717) is 5.02 Å². The van der Waals surface area contributed by atoms with E-state index in [1.807, 2.05) is 31.2 Å². The molecular formula is C22H26Cl2FNO. The molecule has 0 bridgehead atoms. The zero-order chi connectivity index (χ0) is 19.3. The number of nitrogens with zero attached hydrogens (tertiary/aromatic N) is 1. The Bertz CT molecular complexity index is 752. The standard InChI is InChI=1S/C22H26Cl2FNO/c1-2-27-16-22(10-9-17-3-7-20(25)8-4-17)11-12-26(15-22)14-18-5-6-19(23)13-21(18)24/h3-8,13H,2,9-12,14-16H2,1H3/t22-/m1/s1. The Labute approximate surface area is 171 Å². The maximum atomic E-state index is 13.1. The van der Waals surface area contributed by atoms with Crippen molar-refractivity contribution < 1.29 is 9.13 Å². The Kier molecular flexibility index (Phi) is 7.16. The monoisotopic (exact) mass is 409 g/mol. The van der Waals surface area contributed by atoms with Crippen molar-refractivity contribution in [3.8, 4) is 0 Å². The largest absolute Gasteiger partial charge is 0.381 e. The normalized spacial score (nSPS) is 20.3. The summed E-state index contributed by atoms with van der Waals surface area (Å²) < 4.78 is 19.0. The number of halogens is 3. The number of hydrogen-bond donors (Lipinski definition) is 0. The van der Waals surface area contributed by atoms with Gasteiger partial charge in [-0.3, -0.25) is 4.90 Å². The van der Waals surface area contributed by atoms with Crippen LogP contribution in [0.3, 0.4) is 0 Å². The van der Waals surface area contributed by atoms with Crippen molar-refractivity contribution in [2.24, 2.45) is 5.41 Å². The van der Waals surface area contributed by atoms with E-state index in [4.69, 9.17) is 27.9 Å². The van der Waals surface area contributed by atoms with Crippen molar-refractivity contribution in [1.82, 2.24) is 4.90 Å². The second-order valence-electron chi connectivity index (χ2n) is 7.46. The third-order valence-electron chi connectivity index (χ3n) is 5.40. The molecular weight excluding hydrogens is 384 g/mol. The molecule has 1 atom stereocenters. The molecule has 2 nitrogen and oxygen atoms in total. The molecule has 0 radical (unpaired) electrons. The van der Waals surface area contributed by atoms with Gasteiger partial charge in [0.15, 0.2) is 0 Å². The Balaban J connectivity index is 1.64. The Morgan fingerprint density at radius 3 is 2.63 bits per heavy atom. The fourth-order valence-electron chi connectivity index (χ4n) is 3.83. The van der Waals surface area contributed by atoms with Crippen molar-refractivity contribution in [1.29, 1.82) is 0 Å². The molecule has 1 fully saturated rings. The molecule has 1 aliphatic rings. The molecule has 1 saturated heterocycles. The van der Waals surface area contributed by atoms with Crippen LogP contribution in [-0.4, -0.2) is 31.2 Å². The van der Waals surface area contributed by atoms with E-state index in [1.165, 1.54) is 17.7 Å². The predicted molar refractivity (Wildman–Crippen MR) is 110 cm³/mol. The average molecular weight is 410 g/mol. The van der Waals surface area contributed by atoms with Crippen LogP contribution in [0, 0.1) is 11.2 Å². The van der Waals surface area contributed by atoms with Gasteiger partial charge in [0, 0.05) is 35.2 Å². The van der Waals surface area contributed by atoms with Crippen molar-refractivity contribution >= 4 is 23.2 Å². The molecule has 0 aromatic heterocycles. The summed E-state index contributed by atoms with van der Waals surface area (Å²) in [5.41, 5.74) is 2.40. The zero-order valence-electron chi connectivity index (χ0n) is 15.7. The fraction of sp³-hybridized carbons (Fsp3) is 0.455. The highest BCUT2D eigenvalue weighted by molar-refractivity contribution is 6.35. The Morgan fingerprint density at radius 2 is 1.93 bits per heavy atom. The van der Waals surface area contributed by atoms with Crippen LogP contribution in [0.25, 0.3) is 0 Å². The van der Waals surface area contributed by atoms with Crippen LogP contribution in [-0.2, 0) is 17.7 Å². The van der Waals surface area contributed by atoms with Crippen LogP contribution in [0.5, 0.6) is 0 Å². The molecule has 2 aromatic rings.